The third-order valence-corrected chi connectivity index (χ3v) is 2.53. The number of rotatable bonds is 1. The van der Waals surface area contributed by atoms with Gasteiger partial charge in [0.2, 0.25) is 0 Å². The van der Waals surface area contributed by atoms with Crippen LogP contribution in [0.2, 0.25) is 0 Å². The Morgan fingerprint density at radius 1 is 1.47 bits per heavy atom. The van der Waals surface area contributed by atoms with Crippen molar-refractivity contribution in [2.24, 2.45) is 0 Å². The molecule has 0 fully saturated rings. The SMILES string of the molecule is Cc1cc(N)c(NC(=O)N(C)C)c(Br)c1. The van der Waals surface area contributed by atoms with Crippen LogP contribution in [-0.4, -0.2) is 25.0 Å². The zero-order chi connectivity index (χ0) is 11.6. The van der Waals surface area contributed by atoms with Gasteiger partial charge in [0.15, 0.2) is 0 Å². The Balaban J connectivity index is 3.00. The highest BCUT2D eigenvalue weighted by Crippen LogP contribution is 2.30. The summed E-state index contributed by atoms with van der Waals surface area (Å²) in [5, 5.41) is 2.72. The smallest absolute Gasteiger partial charge is 0.321 e. The van der Waals surface area contributed by atoms with Crippen LogP contribution in [0.4, 0.5) is 16.2 Å². The van der Waals surface area contributed by atoms with Gasteiger partial charge in [0.25, 0.3) is 0 Å². The predicted molar refractivity (Wildman–Crippen MR) is 66.0 cm³/mol. The van der Waals surface area contributed by atoms with Gasteiger partial charge < -0.3 is 16.0 Å². The van der Waals surface area contributed by atoms with Crippen molar-refractivity contribution in [1.29, 1.82) is 0 Å². The summed E-state index contributed by atoms with van der Waals surface area (Å²) in [5.74, 6) is 0. The van der Waals surface area contributed by atoms with Crippen LogP contribution in [0.25, 0.3) is 0 Å². The first-order valence-corrected chi connectivity index (χ1v) is 5.25. The molecule has 0 saturated heterocycles. The summed E-state index contributed by atoms with van der Waals surface area (Å²) in [6, 6.07) is 3.52. The Morgan fingerprint density at radius 3 is 2.53 bits per heavy atom. The van der Waals surface area contributed by atoms with Gasteiger partial charge in [-0.2, -0.15) is 0 Å². The molecule has 82 valence electrons. The lowest BCUT2D eigenvalue weighted by Crippen LogP contribution is -2.27. The molecule has 0 spiro atoms. The summed E-state index contributed by atoms with van der Waals surface area (Å²) in [6.07, 6.45) is 0. The minimum absolute atomic E-state index is 0.203. The molecular formula is C10H14BrN3O. The van der Waals surface area contributed by atoms with Gasteiger partial charge in [0, 0.05) is 18.6 Å². The van der Waals surface area contributed by atoms with Gasteiger partial charge in [-0.05, 0) is 40.5 Å². The summed E-state index contributed by atoms with van der Waals surface area (Å²) in [7, 11) is 3.35. The van der Waals surface area contributed by atoms with Crippen molar-refractivity contribution in [2.45, 2.75) is 6.92 Å². The third-order valence-electron chi connectivity index (χ3n) is 1.90. The molecule has 1 aromatic rings. The maximum absolute atomic E-state index is 11.4. The van der Waals surface area contributed by atoms with Gasteiger partial charge in [0.05, 0.1) is 11.4 Å². The summed E-state index contributed by atoms with van der Waals surface area (Å²) in [5.41, 5.74) is 8.01. The Hall–Kier alpha value is -1.23. The molecule has 0 aliphatic carbocycles. The standard InChI is InChI=1S/C10H14BrN3O/c1-6-4-7(11)9(8(12)5-6)13-10(15)14(2)3/h4-5H,12H2,1-3H3,(H,13,15). The van der Waals surface area contributed by atoms with Gasteiger partial charge in [-0.25, -0.2) is 4.79 Å². The number of halogens is 1. The van der Waals surface area contributed by atoms with Crippen LogP contribution >= 0.6 is 15.9 Å². The number of nitrogens with two attached hydrogens (primary N) is 1. The monoisotopic (exact) mass is 271 g/mol. The number of nitrogens with zero attached hydrogens (tertiary/aromatic N) is 1. The summed E-state index contributed by atoms with van der Waals surface area (Å²) >= 11 is 3.36. The van der Waals surface area contributed by atoms with E-state index in [2.05, 4.69) is 21.2 Å². The number of carbonyl (C=O) groups excluding carboxylic acids is 1. The normalized spacial score (nSPS) is 9.87. The van der Waals surface area contributed by atoms with Crippen molar-refractivity contribution in [2.75, 3.05) is 25.1 Å². The van der Waals surface area contributed by atoms with Crippen molar-refractivity contribution in [3.05, 3.63) is 22.2 Å². The fourth-order valence-electron chi connectivity index (χ4n) is 1.12. The van der Waals surface area contributed by atoms with Crippen molar-refractivity contribution in [3.8, 4) is 0 Å². The number of urea groups is 1. The fraction of sp³-hybridized carbons (Fsp3) is 0.300. The number of hydrogen-bond donors (Lipinski definition) is 2. The van der Waals surface area contributed by atoms with Crippen LogP contribution in [0.1, 0.15) is 5.56 Å². The first kappa shape index (κ1) is 11.8. The Kier molecular flexibility index (Phi) is 3.57. The molecule has 0 bridgehead atoms. The Labute approximate surface area is 97.6 Å². The second-order valence-electron chi connectivity index (χ2n) is 3.54. The topological polar surface area (TPSA) is 58.4 Å². The second-order valence-corrected chi connectivity index (χ2v) is 4.39. The van der Waals surface area contributed by atoms with Gasteiger partial charge in [0.1, 0.15) is 0 Å². The molecule has 0 saturated carbocycles. The molecule has 4 nitrogen and oxygen atoms in total. The van der Waals surface area contributed by atoms with Crippen molar-refractivity contribution in [1.82, 2.24) is 4.90 Å². The Bertz CT molecular complexity index is 367. The highest BCUT2D eigenvalue weighted by atomic mass is 79.9. The lowest BCUT2D eigenvalue weighted by Gasteiger charge is -2.15. The molecule has 0 aliphatic rings. The predicted octanol–water partition coefficient (Wildman–Crippen LogP) is 2.43. The number of carbonyl (C=O) groups is 1. The molecular weight excluding hydrogens is 258 g/mol. The van der Waals surface area contributed by atoms with Crippen LogP contribution in [0, 0.1) is 6.92 Å². The van der Waals surface area contributed by atoms with Crippen LogP contribution in [0.15, 0.2) is 16.6 Å². The van der Waals surface area contributed by atoms with Crippen LogP contribution in [0.3, 0.4) is 0 Å². The highest BCUT2D eigenvalue weighted by Gasteiger charge is 2.10. The first-order chi connectivity index (χ1) is 6.91. The van der Waals surface area contributed by atoms with Crippen LogP contribution < -0.4 is 11.1 Å². The minimum atomic E-state index is -0.203. The number of amides is 2. The maximum atomic E-state index is 11.4. The van der Waals surface area contributed by atoms with E-state index in [9.17, 15) is 4.79 Å². The molecule has 1 aromatic carbocycles. The highest BCUT2D eigenvalue weighted by molar-refractivity contribution is 9.10. The van der Waals surface area contributed by atoms with Gasteiger partial charge >= 0.3 is 6.03 Å². The molecule has 0 heterocycles. The molecule has 15 heavy (non-hydrogen) atoms. The quantitative estimate of drug-likeness (QED) is 0.771. The number of anilines is 2. The number of aryl methyl sites for hydroxylation is 1. The first-order valence-electron chi connectivity index (χ1n) is 4.45. The molecule has 5 heteroatoms. The molecule has 3 N–H and O–H groups in total. The zero-order valence-electron chi connectivity index (χ0n) is 8.97. The molecule has 0 aliphatic heterocycles. The largest absolute Gasteiger partial charge is 0.397 e. The third kappa shape index (κ3) is 2.86. The van der Waals surface area contributed by atoms with E-state index in [-0.39, 0.29) is 6.03 Å². The van der Waals surface area contributed by atoms with E-state index in [1.165, 1.54) is 4.90 Å². The number of nitrogen functional groups attached to an aromatic ring is 1. The summed E-state index contributed by atoms with van der Waals surface area (Å²) < 4.78 is 0.787. The molecule has 0 radical (unpaired) electrons. The fourth-order valence-corrected chi connectivity index (χ4v) is 1.81. The minimum Gasteiger partial charge on any atom is -0.397 e. The maximum Gasteiger partial charge on any atom is 0.321 e. The van der Waals surface area contributed by atoms with Crippen LogP contribution in [-0.2, 0) is 0 Å². The van der Waals surface area contributed by atoms with E-state index in [1.807, 2.05) is 19.1 Å². The lowest BCUT2D eigenvalue weighted by molar-refractivity contribution is 0.230. The Morgan fingerprint density at radius 2 is 2.07 bits per heavy atom. The van der Waals surface area contributed by atoms with E-state index in [1.54, 1.807) is 14.1 Å². The zero-order valence-corrected chi connectivity index (χ0v) is 10.6. The van der Waals surface area contributed by atoms with Crippen molar-refractivity contribution >= 4 is 33.3 Å². The van der Waals surface area contributed by atoms with Crippen LogP contribution in [0.5, 0.6) is 0 Å². The van der Waals surface area contributed by atoms with Crippen molar-refractivity contribution < 1.29 is 4.79 Å². The van der Waals surface area contributed by atoms with E-state index >= 15 is 0 Å². The van der Waals surface area contributed by atoms with Crippen molar-refractivity contribution in [3.63, 3.8) is 0 Å². The lowest BCUT2D eigenvalue weighted by atomic mass is 10.2. The molecule has 2 amide bonds. The summed E-state index contributed by atoms with van der Waals surface area (Å²) in [4.78, 5) is 12.9. The van der Waals surface area contributed by atoms with Gasteiger partial charge in [-0.1, -0.05) is 0 Å². The average Bonchev–Trinajstić information content (AvgIpc) is 2.10. The molecule has 0 unspecified atom stereocenters. The van der Waals surface area contributed by atoms with Gasteiger partial charge in [-0.3, -0.25) is 0 Å². The van der Waals surface area contributed by atoms with E-state index in [0.717, 1.165) is 10.0 Å². The number of nitrogens with one attached hydrogen (secondary N) is 1. The van der Waals surface area contributed by atoms with Gasteiger partial charge in [-0.15, -0.1) is 0 Å². The van der Waals surface area contributed by atoms with E-state index in [4.69, 9.17) is 5.73 Å². The molecule has 0 atom stereocenters. The molecule has 0 aromatic heterocycles. The van der Waals surface area contributed by atoms with E-state index in [0.29, 0.717) is 11.4 Å². The number of benzene rings is 1. The van der Waals surface area contributed by atoms with E-state index < -0.39 is 0 Å². The number of hydrogen-bond acceptors (Lipinski definition) is 2. The average molecular weight is 272 g/mol. The molecule has 1 rings (SSSR count). The second kappa shape index (κ2) is 4.53. The summed E-state index contributed by atoms with van der Waals surface area (Å²) in [6.45, 7) is 1.94.